The molecule has 1 aliphatic carbocycles. The average molecular weight is 857 g/mol. The van der Waals surface area contributed by atoms with Crippen LogP contribution in [0.15, 0.2) is 48.5 Å². The van der Waals surface area contributed by atoms with Gasteiger partial charge in [-0.2, -0.15) is 0 Å². The molecule has 0 unspecified atom stereocenters. The Kier molecular flexibility index (Phi) is 13.7. The zero-order valence-electron chi connectivity index (χ0n) is 35.8. The van der Waals surface area contributed by atoms with Crippen molar-refractivity contribution in [1.29, 1.82) is 0 Å². The molecule has 0 amide bonds. The number of fused-ring (bicyclic) bond motifs is 2. The molecular weight excluding hydrogens is 805 g/mol. The minimum Gasteiger partial charge on any atom is -0.507 e. The van der Waals surface area contributed by atoms with Crippen LogP contribution in [0.5, 0.6) is 23.0 Å². The van der Waals surface area contributed by atoms with E-state index in [4.69, 9.17) is 28.4 Å². The van der Waals surface area contributed by atoms with Gasteiger partial charge in [-0.1, -0.05) is 65.8 Å². The van der Waals surface area contributed by atoms with Gasteiger partial charge in [0, 0.05) is 72.2 Å². The van der Waals surface area contributed by atoms with E-state index in [9.17, 15) is 40.0 Å². The van der Waals surface area contributed by atoms with Crippen LogP contribution in [0.1, 0.15) is 97.2 Å². The maximum atomic E-state index is 13.1. The van der Waals surface area contributed by atoms with Gasteiger partial charge in [-0.15, -0.1) is 0 Å². The van der Waals surface area contributed by atoms with Crippen LogP contribution in [0.4, 0.5) is 11.4 Å². The SMILES string of the molecule is CC(C)(C)c1cc2c3c(c1)Cc1cc([N+](=O)[O-])cc(c1O)Cc1cc(C(C)(C)C)cc(c1OCC(=O)OCCOCCOCCOC(=O)CO3)Cc1cc([N+](=O)[O-])cc(c1O)C2. The molecule has 330 valence electrons. The molecule has 0 saturated carbocycles. The van der Waals surface area contributed by atoms with Crippen molar-refractivity contribution in [2.75, 3.05) is 52.9 Å². The number of aromatic hydroxyl groups is 2. The number of nitro groups is 2. The van der Waals surface area contributed by atoms with E-state index in [0.29, 0.717) is 22.3 Å². The van der Waals surface area contributed by atoms with Crippen LogP contribution in [-0.4, -0.2) is 84.9 Å². The zero-order chi connectivity index (χ0) is 44.9. The highest BCUT2D eigenvalue weighted by Gasteiger charge is 2.29. The summed E-state index contributed by atoms with van der Waals surface area (Å²) in [6.45, 7) is 11.0. The molecule has 0 radical (unpaired) electrons. The second-order valence-corrected chi connectivity index (χ2v) is 17.4. The first-order valence-electron chi connectivity index (χ1n) is 20.3. The highest BCUT2D eigenvalue weighted by molar-refractivity contribution is 5.72. The van der Waals surface area contributed by atoms with Crippen LogP contribution in [0.25, 0.3) is 0 Å². The van der Waals surface area contributed by atoms with Crippen molar-refractivity contribution < 1.29 is 58.1 Å². The summed E-state index contributed by atoms with van der Waals surface area (Å²) in [5.74, 6) is -1.58. The van der Waals surface area contributed by atoms with Crippen LogP contribution in [-0.2, 0) is 65.0 Å². The van der Waals surface area contributed by atoms with E-state index >= 15 is 0 Å². The second-order valence-electron chi connectivity index (χ2n) is 17.4. The van der Waals surface area contributed by atoms with Crippen molar-refractivity contribution in [3.63, 3.8) is 0 Å². The van der Waals surface area contributed by atoms with Gasteiger partial charge in [0.25, 0.3) is 11.4 Å². The van der Waals surface area contributed by atoms with E-state index < -0.39 is 45.8 Å². The minimum atomic E-state index is -0.731. The number of phenols is 2. The summed E-state index contributed by atoms with van der Waals surface area (Å²) in [7, 11) is 0. The summed E-state index contributed by atoms with van der Waals surface area (Å²) in [4.78, 5) is 50.1. The summed E-state index contributed by atoms with van der Waals surface area (Å²) in [5, 5.41) is 49.3. The van der Waals surface area contributed by atoms with Crippen molar-refractivity contribution in [3.05, 3.63) is 124 Å². The average Bonchev–Trinajstić information content (AvgIpc) is 3.18. The van der Waals surface area contributed by atoms with Crippen LogP contribution in [0, 0.1) is 20.2 Å². The predicted octanol–water partition coefficient (Wildman–Crippen LogP) is 7.08. The van der Waals surface area contributed by atoms with Crippen molar-refractivity contribution in [2.24, 2.45) is 0 Å². The lowest BCUT2D eigenvalue weighted by atomic mass is 9.81. The number of ether oxygens (including phenoxy) is 6. The van der Waals surface area contributed by atoms with Crippen LogP contribution >= 0.6 is 0 Å². The lowest BCUT2D eigenvalue weighted by molar-refractivity contribution is -0.385. The lowest BCUT2D eigenvalue weighted by Crippen LogP contribution is -2.20. The van der Waals surface area contributed by atoms with E-state index in [-0.39, 0.29) is 122 Å². The van der Waals surface area contributed by atoms with E-state index in [1.807, 2.05) is 65.8 Å². The fourth-order valence-electron chi connectivity index (χ4n) is 7.42. The lowest BCUT2D eigenvalue weighted by Gasteiger charge is -2.26. The Hall–Kier alpha value is -6.26. The van der Waals surface area contributed by atoms with Crippen molar-refractivity contribution >= 4 is 23.3 Å². The van der Waals surface area contributed by atoms with Gasteiger partial charge < -0.3 is 38.6 Å². The number of nitro benzene ring substituents is 2. The van der Waals surface area contributed by atoms with Gasteiger partial charge in [0.1, 0.15) is 36.2 Å². The van der Waals surface area contributed by atoms with Crippen LogP contribution in [0.3, 0.4) is 0 Å². The standard InChI is InChI=1S/C46H52N2O14/c1-45(2,3)35-17-31-13-27-21-37(47(53)54)23-29(41(27)51)15-33-19-36(46(4,5)6)20-34-16-30-24-38(48(55)56)22-28(42(30)52)14-32(18-35)43(31)61-25-39(49)59-11-9-57-7-8-58-10-12-60-40(50)26-62-44(33)34/h17-24,51-52H,7-16,25-26H2,1-6H3. The van der Waals surface area contributed by atoms with Gasteiger partial charge in [-0.05, 0) is 44.2 Å². The highest BCUT2D eigenvalue weighted by atomic mass is 16.6. The third-order valence-electron chi connectivity index (χ3n) is 10.7. The number of hydrogen-bond acceptors (Lipinski definition) is 14. The summed E-state index contributed by atoms with van der Waals surface area (Å²) in [6, 6.07) is 12.4. The Labute approximate surface area is 359 Å². The molecular formula is C46H52N2O14. The summed E-state index contributed by atoms with van der Waals surface area (Å²) in [6.07, 6.45) is -0.475. The molecule has 4 aromatic rings. The predicted molar refractivity (Wildman–Crippen MR) is 226 cm³/mol. The van der Waals surface area contributed by atoms with Crippen molar-refractivity contribution in [1.82, 2.24) is 0 Å². The van der Waals surface area contributed by atoms with E-state index in [2.05, 4.69) is 0 Å². The van der Waals surface area contributed by atoms with Crippen molar-refractivity contribution in [2.45, 2.75) is 78.1 Å². The number of carbonyl (C=O) groups excluding carboxylic acids is 2. The zero-order valence-corrected chi connectivity index (χ0v) is 35.8. The summed E-state index contributed by atoms with van der Waals surface area (Å²) >= 11 is 0. The van der Waals surface area contributed by atoms with E-state index in [1.165, 1.54) is 24.3 Å². The monoisotopic (exact) mass is 856 g/mol. The molecule has 1 heterocycles. The number of carbonyl (C=O) groups is 2. The molecule has 4 aromatic carbocycles. The normalized spacial score (nSPS) is 16.0. The number of phenolic OH excluding ortho intramolecular Hbond substituents is 2. The molecule has 2 N–H and O–H groups in total. The summed E-state index contributed by atoms with van der Waals surface area (Å²) in [5.41, 5.74) is 2.45. The highest BCUT2D eigenvalue weighted by Crippen LogP contribution is 2.43. The quantitative estimate of drug-likeness (QED) is 0.103. The van der Waals surface area contributed by atoms with Gasteiger partial charge in [-0.3, -0.25) is 20.2 Å². The molecule has 0 atom stereocenters. The molecule has 16 heteroatoms. The maximum absolute atomic E-state index is 13.1. The molecule has 0 aromatic heterocycles. The fraction of sp³-hybridized carbons (Fsp3) is 0.435. The Morgan fingerprint density at radius 3 is 1.03 bits per heavy atom. The van der Waals surface area contributed by atoms with Gasteiger partial charge in [0.15, 0.2) is 13.2 Å². The molecule has 62 heavy (non-hydrogen) atoms. The topological polar surface area (TPSA) is 216 Å². The molecule has 1 aliphatic heterocycles. The Morgan fingerprint density at radius 1 is 0.468 bits per heavy atom. The molecule has 16 nitrogen and oxygen atoms in total. The third kappa shape index (κ3) is 11.0. The number of esters is 2. The minimum absolute atomic E-state index is 0.0572. The number of cyclic esters (lactones) is 2. The largest absolute Gasteiger partial charge is 0.507 e. The molecule has 0 spiro atoms. The molecule has 2 aliphatic rings. The first-order valence-corrected chi connectivity index (χ1v) is 20.3. The molecule has 0 saturated heterocycles. The number of non-ortho nitro benzene ring substituents is 2. The van der Waals surface area contributed by atoms with Gasteiger partial charge in [0.05, 0.1) is 36.3 Å². The maximum Gasteiger partial charge on any atom is 0.344 e. The Morgan fingerprint density at radius 2 is 0.758 bits per heavy atom. The fourth-order valence-corrected chi connectivity index (χ4v) is 7.42. The first-order chi connectivity index (χ1) is 29.3. The van der Waals surface area contributed by atoms with Gasteiger partial charge in [-0.25, -0.2) is 9.59 Å². The number of rotatable bonds is 2. The molecule has 10 bridgehead atoms. The van der Waals surface area contributed by atoms with Gasteiger partial charge >= 0.3 is 11.9 Å². The number of hydrogen-bond donors (Lipinski definition) is 2. The molecule has 0 fully saturated rings. The van der Waals surface area contributed by atoms with Crippen molar-refractivity contribution in [3.8, 4) is 23.0 Å². The second kappa shape index (κ2) is 18.8. The van der Waals surface area contributed by atoms with Crippen LogP contribution < -0.4 is 9.47 Å². The smallest absolute Gasteiger partial charge is 0.344 e. The Bertz CT molecular complexity index is 2120. The van der Waals surface area contributed by atoms with Gasteiger partial charge in [0.2, 0.25) is 0 Å². The molecule has 6 rings (SSSR count). The number of nitrogens with zero attached hydrogens (tertiary/aromatic N) is 2. The number of benzene rings is 4. The first kappa shape index (κ1) is 45.3. The van der Waals surface area contributed by atoms with Crippen LogP contribution in [0.2, 0.25) is 0 Å². The summed E-state index contributed by atoms with van der Waals surface area (Å²) < 4.78 is 34.3. The Balaban J connectivity index is 1.67. The third-order valence-corrected chi connectivity index (χ3v) is 10.7. The van der Waals surface area contributed by atoms with E-state index in [0.717, 1.165) is 11.1 Å². The van der Waals surface area contributed by atoms with E-state index in [1.54, 1.807) is 0 Å².